The fraction of sp³-hybridized carbons (Fsp3) is 0.862. The van der Waals surface area contributed by atoms with Crippen LogP contribution in [0.4, 0.5) is 0 Å². The van der Waals surface area contributed by atoms with Gasteiger partial charge in [-0.05, 0) is 80.9 Å². The Morgan fingerprint density at radius 2 is 1.45 bits per heavy atom. The van der Waals surface area contributed by atoms with Crippen LogP contribution in [0.15, 0.2) is 22.5 Å². The smallest absolute Gasteiger partial charge is 0.122 e. The van der Waals surface area contributed by atoms with E-state index in [1.54, 1.807) is 0 Å². The van der Waals surface area contributed by atoms with Crippen molar-refractivity contribution in [2.75, 3.05) is 0 Å². The Morgan fingerprint density at radius 3 is 2.03 bits per heavy atom. The molecule has 0 aromatic carbocycles. The Bertz CT molecular complexity index is 629. The predicted molar refractivity (Wildman–Crippen MR) is 134 cm³/mol. The summed E-state index contributed by atoms with van der Waals surface area (Å²) >= 11 is 0. The van der Waals surface area contributed by atoms with Gasteiger partial charge in [0.05, 0.1) is 6.10 Å². The zero-order valence-electron chi connectivity index (χ0n) is 22.0. The normalized spacial score (nSPS) is 28.6. The van der Waals surface area contributed by atoms with E-state index in [2.05, 4.69) is 55.4 Å². The lowest BCUT2D eigenvalue weighted by Gasteiger charge is -2.43. The SMILES string of the molecule is CC1=C2O[C@](C)(CCC[C@H](C)CCC[C@H](C)CCCC(C)C)CCC2=C(C)C(O)C1C. The highest BCUT2D eigenvalue weighted by Crippen LogP contribution is 2.45. The number of hydrogen-bond acceptors (Lipinski definition) is 2. The average Bonchev–Trinajstić information content (AvgIpc) is 2.70. The molecule has 1 heterocycles. The van der Waals surface area contributed by atoms with Crippen molar-refractivity contribution in [1.29, 1.82) is 0 Å². The molecule has 2 nitrogen and oxygen atoms in total. The third-order valence-corrected chi connectivity index (χ3v) is 8.24. The number of fused-ring (bicyclic) bond motifs is 1. The van der Waals surface area contributed by atoms with Gasteiger partial charge in [0.25, 0.3) is 0 Å². The molecule has 1 fully saturated rings. The summed E-state index contributed by atoms with van der Waals surface area (Å²) in [5.74, 6) is 3.82. The van der Waals surface area contributed by atoms with Crippen LogP contribution >= 0.6 is 0 Å². The van der Waals surface area contributed by atoms with Crippen LogP contribution in [0.25, 0.3) is 0 Å². The summed E-state index contributed by atoms with van der Waals surface area (Å²) in [6, 6.07) is 0. The van der Waals surface area contributed by atoms with Crippen molar-refractivity contribution in [2.24, 2.45) is 23.7 Å². The first-order valence-corrected chi connectivity index (χ1v) is 13.3. The largest absolute Gasteiger partial charge is 0.487 e. The molecule has 1 aliphatic carbocycles. The first kappa shape index (κ1) is 26.5. The zero-order chi connectivity index (χ0) is 23.2. The maximum Gasteiger partial charge on any atom is 0.122 e. The van der Waals surface area contributed by atoms with E-state index in [-0.39, 0.29) is 17.6 Å². The van der Waals surface area contributed by atoms with Crippen molar-refractivity contribution in [3.05, 3.63) is 22.5 Å². The second kappa shape index (κ2) is 11.9. The molecule has 180 valence electrons. The highest BCUT2D eigenvalue weighted by Gasteiger charge is 2.39. The molecule has 0 saturated carbocycles. The highest BCUT2D eigenvalue weighted by molar-refractivity contribution is 5.43. The minimum atomic E-state index is -0.342. The Kier molecular flexibility index (Phi) is 10.2. The summed E-state index contributed by atoms with van der Waals surface area (Å²) < 4.78 is 6.64. The molecule has 2 aliphatic rings. The van der Waals surface area contributed by atoms with Crippen molar-refractivity contribution < 1.29 is 9.84 Å². The number of aliphatic hydroxyl groups excluding tert-OH is 1. The highest BCUT2D eigenvalue weighted by atomic mass is 16.5. The van der Waals surface area contributed by atoms with Gasteiger partial charge in [-0.3, -0.25) is 0 Å². The molecule has 5 atom stereocenters. The lowest BCUT2D eigenvalue weighted by Crippen LogP contribution is -2.37. The van der Waals surface area contributed by atoms with Gasteiger partial charge in [-0.1, -0.05) is 79.6 Å². The fourth-order valence-electron chi connectivity index (χ4n) is 5.53. The van der Waals surface area contributed by atoms with Gasteiger partial charge in [0.2, 0.25) is 0 Å². The Hall–Kier alpha value is -0.760. The third-order valence-electron chi connectivity index (χ3n) is 8.24. The summed E-state index contributed by atoms with van der Waals surface area (Å²) in [5.41, 5.74) is 3.58. The fourth-order valence-corrected chi connectivity index (χ4v) is 5.53. The number of rotatable bonds is 12. The van der Waals surface area contributed by atoms with E-state index in [0.717, 1.165) is 48.3 Å². The molecule has 0 radical (unpaired) electrons. The maximum absolute atomic E-state index is 10.5. The van der Waals surface area contributed by atoms with Gasteiger partial charge in [0.1, 0.15) is 11.4 Å². The van der Waals surface area contributed by atoms with Gasteiger partial charge in [-0.2, -0.15) is 0 Å². The van der Waals surface area contributed by atoms with Gasteiger partial charge in [-0.15, -0.1) is 0 Å². The van der Waals surface area contributed by atoms with E-state index in [9.17, 15) is 5.11 Å². The van der Waals surface area contributed by atoms with E-state index in [1.165, 1.54) is 62.5 Å². The van der Waals surface area contributed by atoms with E-state index < -0.39 is 0 Å². The summed E-state index contributed by atoms with van der Waals surface area (Å²) in [6.45, 7) is 18.2. The lowest BCUT2D eigenvalue weighted by molar-refractivity contribution is -0.0175. The molecular formula is C29H52O2. The van der Waals surface area contributed by atoms with Crippen molar-refractivity contribution in [2.45, 2.75) is 138 Å². The minimum absolute atomic E-state index is 0.0486. The number of hydrogen-bond donors (Lipinski definition) is 1. The first-order valence-electron chi connectivity index (χ1n) is 13.3. The molecule has 0 bridgehead atoms. The molecule has 2 rings (SSSR count). The van der Waals surface area contributed by atoms with Crippen molar-refractivity contribution in [1.82, 2.24) is 0 Å². The van der Waals surface area contributed by atoms with E-state index in [1.807, 2.05) is 0 Å². The second-order valence-corrected chi connectivity index (χ2v) is 11.8. The van der Waals surface area contributed by atoms with Crippen LogP contribution in [-0.4, -0.2) is 16.8 Å². The van der Waals surface area contributed by atoms with E-state index in [4.69, 9.17) is 4.74 Å². The van der Waals surface area contributed by atoms with Crippen LogP contribution < -0.4 is 0 Å². The quantitative estimate of drug-likeness (QED) is 0.334. The Balaban J connectivity index is 1.71. The summed E-state index contributed by atoms with van der Waals surface area (Å²) in [4.78, 5) is 0. The monoisotopic (exact) mass is 432 g/mol. The molecule has 1 N–H and O–H groups in total. The second-order valence-electron chi connectivity index (χ2n) is 11.8. The average molecular weight is 433 g/mol. The molecule has 1 saturated heterocycles. The lowest BCUT2D eigenvalue weighted by atomic mass is 9.77. The summed E-state index contributed by atoms with van der Waals surface area (Å²) in [6.07, 6.45) is 13.8. The third kappa shape index (κ3) is 7.65. The maximum atomic E-state index is 10.5. The Morgan fingerprint density at radius 1 is 0.903 bits per heavy atom. The molecule has 1 aliphatic heterocycles. The van der Waals surface area contributed by atoms with Gasteiger partial charge in [0.15, 0.2) is 0 Å². The predicted octanol–water partition coefficient (Wildman–Crippen LogP) is 8.60. The zero-order valence-corrected chi connectivity index (χ0v) is 22.0. The topological polar surface area (TPSA) is 29.5 Å². The number of aliphatic hydroxyl groups is 1. The molecule has 0 aromatic heterocycles. The molecule has 0 spiro atoms. The van der Waals surface area contributed by atoms with Crippen LogP contribution in [0, 0.1) is 23.7 Å². The summed E-state index contributed by atoms with van der Waals surface area (Å²) in [5, 5.41) is 10.5. The molecule has 0 amide bonds. The Labute approximate surface area is 193 Å². The van der Waals surface area contributed by atoms with Gasteiger partial charge in [0, 0.05) is 5.92 Å². The molecular weight excluding hydrogens is 380 g/mol. The number of allylic oxidation sites excluding steroid dienone is 1. The van der Waals surface area contributed by atoms with Crippen molar-refractivity contribution in [3.63, 3.8) is 0 Å². The molecule has 31 heavy (non-hydrogen) atoms. The van der Waals surface area contributed by atoms with Crippen molar-refractivity contribution >= 4 is 0 Å². The van der Waals surface area contributed by atoms with Crippen LogP contribution in [0.3, 0.4) is 0 Å². The van der Waals surface area contributed by atoms with Gasteiger partial charge >= 0.3 is 0 Å². The van der Waals surface area contributed by atoms with Crippen LogP contribution in [0.2, 0.25) is 0 Å². The van der Waals surface area contributed by atoms with Gasteiger partial charge < -0.3 is 9.84 Å². The minimum Gasteiger partial charge on any atom is -0.487 e. The molecule has 0 aromatic rings. The van der Waals surface area contributed by atoms with E-state index in [0.29, 0.717) is 0 Å². The standard InChI is InChI=1S/C29H52O2/c1-20(2)12-9-13-21(3)14-10-15-22(4)16-11-18-29(8)19-17-26-25(7)27(30)23(5)24(6)28(26)31-29/h20-23,27,30H,9-19H2,1-8H3/t21-,22-,23?,27?,29-/m1/s1. The van der Waals surface area contributed by atoms with Crippen LogP contribution in [0.5, 0.6) is 0 Å². The van der Waals surface area contributed by atoms with Crippen LogP contribution in [0.1, 0.15) is 126 Å². The molecule has 2 unspecified atom stereocenters. The van der Waals surface area contributed by atoms with E-state index >= 15 is 0 Å². The van der Waals surface area contributed by atoms with Crippen LogP contribution in [-0.2, 0) is 4.74 Å². The molecule has 2 heteroatoms. The van der Waals surface area contributed by atoms with Gasteiger partial charge in [-0.25, -0.2) is 0 Å². The number of ether oxygens (including phenoxy) is 1. The summed E-state index contributed by atoms with van der Waals surface area (Å²) in [7, 11) is 0. The first-order chi connectivity index (χ1) is 14.5. The van der Waals surface area contributed by atoms with Crippen molar-refractivity contribution in [3.8, 4) is 0 Å².